The maximum Gasteiger partial charge on any atom is 0.305 e. The number of esters is 1. The summed E-state index contributed by atoms with van der Waals surface area (Å²) in [7, 11) is 1.42. The highest BCUT2D eigenvalue weighted by Gasteiger charge is 1.98. The van der Waals surface area contributed by atoms with E-state index in [4.69, 9.17) is 4.74 Å². The molecule has 0 fully saturated rings. The fourth-order valence-electron chi connectivity index (χ4n) is 1.47. The van der Waals surface area contributed by atoms with E-state index in [0.29, 0.717) is 13.0 Å². The van der Waals surface area contributed by atoms with Gasteiger partial charge < -0.3 is 9.47 Å². The molecule has 0 radical (unpaired) electrons. The van der Waals surface area contributed by atoms with Crippen LogP contribution in [0.3, 0.4) is 0 Å². The van der Waals surface area contributed by atoms with Crippen LogP contribution in [0.25, 0.3) is 0 Å². The Morgan fingerprint density at radius 3 is 2.67 bits per heavy atom. The molecule has 0 saturated carbocycles. The van der Waals surface area contributed by atoms with Crippen molar-refractivity contribution in [2.24, 2.45) is 0 Å². The van der Waals surface area contributed by atoms with E-state index in [1.807, 2.05) is 6.08 Å². The molecule has 0 aliphatic carbocycles. The maximum atomic E-state index is 10.8. The zero-order valence-electron chi connectivity index (χ0n) is 11.5. The van der Waals surface area contributed by atoms with Gasteiger partial charge in [-0.25, -0.2) is 0 Å². The van der Waals surface area contributed by atoms with Crippen molar-refractivity contribution in [2.75, 3.05) is 20.3 Å². The summed E-state index contributed by atoms with van der Waals surface area (Å²) >= 11 is 0. The number of hydrogen-bond acceptors (Lipinski definition) is 3. The summed E-state index contributed by atoms with van der Waals surface area (Å²) in [6.07, 6.45) is 12.9. The third-order valence-corrected chi connectivity index (χ3v) is 2.56. The van der Waals surface area contributed by atoms with Gasteiger partial charge in [0.1, 0.15) is 0 Å². The summed E-state index contributed by atoms with van der Waals surface area (Å²) in [6, 6.07) is 0. The van der Waals surface area contributed by atoms with Crippen molar-refractivity contribution in [3.8, 4) is 0 Å². The molecular weight excluding hydrogens is 228 g/mol. The van der Waals surface area contributed by atoms with E-state index in [-0.39, 0.29) is 5.97 Å². The number of rotatable bonds is 12. The Balaban J connectivity index is 3.11. The SMILES string of the molecule is C=CCCCC=CCOCCCCCC(=O)OC. The molecule has 0 aliphatic rings. The molecule has 18 heavy (non-hydrogen) atoms. The van der Waals surface area contributed by atoms with Crippen molar-refractivity contribution >= 4 is 5.97 Å². The molecule has 0 atom stereocenters. The fraction of sp³-hybridized carbons (Fsp3) is 0.667. The number of allylic oxidation sites excluding steroid dienone is 2. The standard InChI is InChI=1S/C15H26O3/c1-3-4-5-6-7-10-13-18-14-11-8-9-12-15(16)17-2/h3,7,10H,1,4-6,8-9,11-14H2,2H3. The van der Waals surface area contributed by atoms with Crippen LogP contribution in [-0.4, -0.2) is 26.3 Å². The van der Waals surface area contributed by atoms with Crippen molar-refractivity contribution in [1.82, 2.24) is 0 Å². The molecule has 3 heteroatoms. The summed E-state index contributed by atoms with van der Waals surface area (Å²) in [4.78, 5) is 10.8. The van der Waals surface area contributed by atoms with Gasteiger partial charge in [-0.15, -0.1) is 6.58 Å². The highest BCUT2D eigenvalue weighted by Crippen LogP contribution is 2.01. The minimum Gasteiger partial charge on any atom is -0.469 e. The number of carbonyl (C=O) groups excluding carboxylic acids is 1. The van der Waals surface area contributed by atoms with Gasteiger partial charge >= 0.3 is 5.97 Å². The van der Waals surface area contributed by atoms with Gasteiger partial charge in [-0.3, -0.25) is 4.79 Å². The summed E-state index contributed by atoms with van der Waals surface area (Å²) in [5.41, 5.74) is 0. The van der Waals surface area contributed by atoms with Gasteiger partial charge in [0, 0.05) is 13.0 Å². The molecule has 0 spiro atoms. The number of carbonyl (C=O) groups is 1. The summed E-state index contributed by atoms with van der Waals surface area (Å²) < 4.78 is 10.0. The Labute approximate surface area is 111 Å². The van der Waals surface area contributed by atoms with E-state index in [1.165, 1.54) is 7.11 Å². The van der Waals surface area contributed by atoms with E-state index in [2.05, 4.69) is 23.5 Å². The van der Waals surface area contributed by atoms with Gasteiger partial charge in [-0.05, 0) is 32.1 Å². The van der Waals surface area contributed by atoms with Gasteiger partial charge in [0.15, 0.2) is 0 Å². The Morgan fingerprint density at radius 1 is 1.11 bits per heavy atom. The van der Waals surface area contributed by atoms with E-state index < -0.39 is 0 Å². The topological polar surface area (TPSA) is 35.5 Å². The monoisotopic (exact) mass is 254 g/mol. The van der Waals surface area contributed by atoms with E-state index in [9.17, 15) is 4.79 Å². The van der Waals surface area contributed by atoms with Gasteiger partial charge in [0.05, 0.1) is 13.7 Å². The summed E-state index contributed by atoms with van der Waals surface area (Å²) in [5.74, 6) is -0.127. The number of methoxy groups -OCH3 is 1. The van der Waals surface area contributed by atoms with E-state index in [1.54, 1.807) is 0 Å². The van der Waals surface area contributed by atoms with Gasteiger partial charge in [-0.1, -0.05) is 24.6 Å². The molecule has 0 rings (SSSR count). The van der Waals surface area contributed by atoms with Crippen molar-refractivity contribution < 1.29 is 14.3 Å². The number of unbranched alkanes of at least 4 members (excludes halogenated alkanes) is 4. The highest BCUT2D eigenvalue weighted by molar-refractivity contribution is 5.68. The first-order valence-corrected chi connectivity index (χ1v) is 6.71. The Hall–Kier alpha value is -1.09. The van der Waals surface area contributed by atoms with Crippen LogP contribution < -0.4 is 0 Å². The largest absolute Gasteiger partial charge is 0.469 e. The molecule has 0 aromatic carbocycles. The Morgan fingerprint density at radius 2 is 1.94 bits per heavy atom. The molecule has 0 saturated heterocycles. The van der Waals surface area contributed by atoms with E-state index in [0.717, 1.165) is 45.1 Å². The molecular formula is C15H26O3. The van der Waals surface area contributed by atoms with Gasteiger partial charge in [0.25, 0.3) is 0 Å². The second-order valence-electron chi connectivity index (χ2n) is 4.15. The summed E-state index contributed by atoms with van der Waals surface area (Å²) in [6.45, 7) is 5.13. The second kappa shape index (κ2) is 14.0. The quantitative estimate of drug-likeness (QED) is 0.303. The molecule has 0 N–H and O–H groups in total. The summed E-state index contributed by atoms with van der Waals surface area (Å²) in [5, 5.41) is 0. The lowest BCUT2D eigenvalue weighted by Crippen LogP contribution is -2.00. The molecule has 0 bridgehead atoms. The van der Waals surface area contributed by atoms with Crippen LogP contribution in [0, 0.1) is 0 Å². The molecule has 0 aromatic heterocycles. The minimum absolute atomic E-state index is 0.127. The zero-order chi connectivity index (χ0) is 13.5. The third-order valence-electron chi connectivity index (χ3n) is 2.56. The Kier molecular flexibility index (Phi) is 13.1. The minimum atomic E-state index is -0.127. The predicted molar refractivity (Wildman–Crippen MR) is 74.5 cm³/mol. The molecule has 3 nitrogen and oxygen atoms in total. The van der Waals surface area contributed by atoms with Crippen molar-refractivity contribution in [2.45, 2.75) is 44.9 Å². The van der Waals surface area contributed by atoms with E-state index >= 15 is 0 Å². The van der Waals surface area contributed by atoms with Crippen LogP contribution in [-0.2, 0) is 14.3 Å². The maximum absolute atomic E-state index is 10.8. The average Bonchev–Trinajstić information content (AvgIpc) is 2.39. The van der Waals surface area contributed by atoms with Crippen LogP contribution in [0.5, 0.6) is 0 Å². The molecule has 0 amide bonds. The van der Waals surface area contributed by atoms with Crippen LogP contribution >= 0.6 is 0 Å². The number of ether oxygens (including phenoxy) is 2. The lowest BCUT2D eigenvalue weighted by Gasteiger charge is -2.01. The first kappa shape index (κ1) is 16.9. The molecule has 0 aromatic rings. The highest BCUT2D eigenvalue weighted by atomic mass is 16.5. The van der Waals surface area contributed by atoms with Gasteiger partial charge in [0.2, 0.25) is 0 Å². The zero-order valence-corrected chi connectivity index (χ0v) is 11.5. The molecule has 104 valence electrons. The molecule has 0 aliphatic heterocycles. The first-order chi connectivity index (χ1) is 8.81. The first-order valence-electron chi connectivity index (χ1n) is 6.71. The van der Waals surface area contributed by atoms with Crippen LogP contribution in [0.4, 0.5) is 0 Å². The van der Waals surface area contributed by atoms with Crippen molar-refractivity contribution in [3.05, 3.63) is 24.8 Å². The van der Waals surface area contributed by atoms with Crippen LogP contribution in [0.15, 0.2) is 24.8 Å². The average molecular weight is 254 g/mol. The normalized spacial score (nSPS) is 10.7. The van der Waals surface area contributed by atoms with Gasteiger partial charge in [-0.2, -0.15) is 0 Å². The molecule has 0 heterocycles. The Bertz CT molecular complexity index is 234. The van der Waals surface area contributed by atoms with Crippen molar-refractivity contribution in [3.63, 3.8) is 0 Å². The van der Waals surface area contributed by atoms with Crippen LogP contribution in [0.1, 0.15) is 44.9 Å². The number of hydrogen-bond donors (Lipinski definition) is 0. The lowest BCUT2D eigenvalue weighted by molar-refractivity contribution is -0.140. The predicted octanol–water partition coefficient (Wildman–Crippen LogP) is 3.65. The third kappa shape index (κ3) is 13.0. The smallest absolute Gasteiger partial charge is 0.305 e. The fourth-order valence-corrected chi connectivity index (χ4v) is 1.47. The van der Waals surface area contributed by atoms with Crippen LogP contribution in [0.2, 0.25) is 0 Å². The van der Waals surface area contributed by atoms with Crippen molar-refractivity contribution in [1.29, 1.82) is 0 Å². The molecule has 0 unspecified atom stereocenters. The second-order valence-corrected chi connectivity index (χ2v) is 4.15. The lowest BCUT2D eigenvalue weighted by atomic mass is 10.2.